The SMILES string of the molecule is CCC(CC)N1c2nc(Nc3ccc(C(=O)Nc4ccc(CC(O)CC(N)C=O)cc4)cc3OC)ncc2N(C)C(=O)C1CC.CPC1CCCC1. The maximum Gasteiger partial charge on any atom is 0.255 e. The van der Waals surface area contributed by atoms with Crippen LogP contribution < -0.4 is 30.9 Å². The van der Waals surface area contributed by atoms with Crippen molar-refractivity contribution < 1.29 is 24.2 Å². The summed E-state index contributed by atoms with van der Waals surface area (Å²) in [6, 6.07) is 11.3. The Kier molecular flexibility index (Phi) is 15.4. The van der Waals surface area contributed by atoms with E-state index in [9.17, 15) is 19.5 Å². The molecular weight excluding hydrogens is 677 g/mol. The number of hydrogen-bond acceptors (Lipinski definition) is 10. The molecule has 1 fully saturated rings. The predicted molar refractivity (Wildman–Crippen MR) is 212 cm³/mol. The normalized spacial score (nSPS) is 17.1. The van der Waals surface area contributed by atoms with Crippen LogP contribution in [-0.4, -0.2) is 83.9 Å². The number of aldehydes is 1. The largest absolute Gasteiger partial charge is 0.495 e. The molecule has 2 aromatic carbocycles. The molecule has 4 atom stereocenters. The van der Waals surface area contributed by atoms with Gasteiger partial charge < -0.3 is 40.8 Å². The molecule has 5 rings (SSSR count). The number of hydrogen-bond donors (Lipinski definition) is 4. The van der Waals surface area contributed by atoms with Gasteiger partial charge in [-0.25, -0.2) is 4.98 Å². The number of aliphatic hydroxyl groups is 1. The number of nitrogens with zero attached hydrogens (tertiary/aromatic N) is 4. The highest BCUT2D eigenvalue weighted by Gasteiger charge is 2.39. The number of fused-ring (bicyclic) bond motifs is 1. The summed E-state index contributed by atoms with van der Waals surface area (Å²) in [5, 5.41) is 16.2. The average molecular weight is 734 g/mol. The Morgan fingerprint density at radius 2 is 1.83 bits per heavy atom. The van der Waals surface area contributed by atoms with Crippen molar-refractivity contribution in [3.05, 3.63) is 59.8 Å². The van der Waals surface area contributed by atoms with Crippen molar-refractivity contribution >= 4 is 55.5 Å². The van der Waals surface area contributed by atoms with Crippen LogP contribution in [-0.2, 0) is 16.0 Å². The molecule has 12 nitrogen and oxygen atoms in total. The summed E-state index contributed by atoms with van der Waals surface area (Å²) in [7, 11) is 4.49. The topological polar surface area (TPSA) is 163 Å². The zero-order valence-corrected chi connectivity index (χ0v) is 32.4. The fraction of sp³-hybridized carbons (Fsp3) is 0.513. The molecule has 1 saturated carbocycles. The van der Waals surface area contributed by atoms with E-state index < -0.39 is 12.1 Å². The van der Waals surface area contributed by atoms with E-state index in [1.165, 1.54) is 41.4 Å². The number of likely N-dealkylation sites (N-methyl/N-ethyl adjacent to an activating group) is 1. The van der Waals surface area contributed by atoms with Crippen molar-refractivity contribution in [2.75, 3.05) is 41.3 Å². The zero-order valence-electron chi connectivity index (χ0n) is 31.4. The maximum absolute atomic E-state index is 13.2. The number of aromatic nitrogens is 2. The number of ether oxygens (including phenoxy) is 1. The van der Waals surface area contributed by atoms with E-state index >= 15 is 0 Å². The highest BCUT2D eigenvalue weighted by Crippen LogP contribution is 2.38. The molecule has 5 N–H and O–H groups in total. The number of amides is 2. The van der Waals surface area contributed by atoms with Gasteiger partial charge in [-0.15, -0.1) is 8.58 Å². The van der Waals surface area contributed by atoms with Crippen LogP contribution in [0.5, 0.6) is 5.75 Å². The lowest BCUT2D eigenvalue weighted by Crippen LogP contribution is -2.56. The Morgan fingerprint density at radius 3 is 2.40 bits per heavy atom. The first-order chi connectivity index (χ1) is 25.1. The smallest absolute Gasteiger partial charge is 0.255 e. The van der Waals surface area contributed by atoms with Crippen molar-refractivity contribution in [1.29, 1.82) is 0 Å². The van der Waals surface area contributed by atoms with Crippen molar-refractivity contribution in [3.63, 3.8) is 0 Å². The van der Waals surface area contributed by atoms with E-state index in [1.54, 1.807) is 60.6 Å². The Bertz CT molecular complexity index is 1630. The molecule has 0 spiro atoms. The molecule has 3 aromatic rings. The molecule has 282 valence electrons. The van der Waals surface area contributed by atoms with Crippen LogP contribution in [0.15, 0.2) is 48.7 Å². The van der Waals surface area contributed by atoms with Crippen LogP contribution >= 0.6 is 8.58 Å². The van der Waals surface area contributed by atoms with E-state index in [0.717, 1.165) is 24.1 Å². The van der Waals surface area contributed by atoms with Crippen LogP contribution in [0.1, 0.15) is 88.1 Å². The summed E-state index contributed by atoms with van der Waals surface area (Å²) >= 11 is 0. The fourth-order valence-electron chi connectivity index (χ4n) is 6.87. The van der Waals surface area contributed by atoms with Crippen molar-refractivity contribution in [2.24, 2.45) is 5.73 Å². The Hall–Kier alpha value is -4.12. The number of nitrogens with one attached hydrogen (secondary N) is 2. The summed E-state index contributed by atoms with van der Waals surface area (Å²) in [6.45, 7) is 8.57. The maximum atomic E-state index is 13.2. The van der Waals surface area contributed by atoms with Gasteiger partial charge in [-0.3, -0.25) is 9.59 Å². The Labute approximate surface area is 310 Å². The van der Waals surface area contributed by atoms with E-state index in [4.69, 9.17) is 15.5 Å². The molecule has 1 aliphatic carbocycles. The Balaban J connectivity index is 0.000000771. The van der Waals surface area contributed by atoms with Crippen LogP contribution in [0.25, 0.3) is 0 Å². The van der Waals surface area contributed by atoms with Crippen LogP contribution in [0.3, 0.4) is 0 Å². The lowest BCUT2D eigenvalue weighted by molar-refractivity contribution is -0.120. The van der Waals surface area contributed by atoms with Crippen molar-refractivity contribution in [3.8, 4) is 5.75 Å². The minimum absolute atomic E-state index is 0.0303. The average Bonchev–Trinajstić information content (AvgIpc) is 3.69. The van der Waals surface area contributed by atoms with Gasteiger partial charge in [-0.1, -0.05) is 45.7 Å². The van der Waals surface area contributed by atoms with Crippen LogP contribution in [0.4, 0.5) is 28.8 Å². The Morgan fingerprint density at radius 1 is 1.13 bits per heavy atom. The fourth-order valence-corrected chi connectivity index (χ4v) is 7.85. The first-order valence-electron chi connectivity index (χ1n) is 18.4. The molecule has 2 heterocycles. The number of anilines is 5. The second-order valence-electron chi connectivity index (χ2n) is 13.5. The van der Waals surface area contributed by atoms with Crippen LogP contribution in [0.2, 0.25) is 0 Å². The summed E-state index contributed by atoms with van der Waals surface area (Å²) in [5.41, 5.74) is 9.78. The first kappa shape index (κ1) is 40.6. The minimum Gasteiger partial charge on any atom is -0.495 e. The number of rotatable bonds is 15. The quantitative estimate of drug-likeness (QED) is 0.103. The molecule has 0 saturated heterocycles. The first-order valence-corrected chi connectivity index (χ1v) is 20.0. The summed E-state index contributed by atoms with van der Waals surface area (Å²) in [4.78, 5) is 50.1. The van der Waals surface area contributed by atoms with Gasteiger partial charge in [0, 0.05) is 24.3 Å². The predicted octanol–water partition coefficient (Wildman–Crippen LogP) is 6.29. The van der Waals surface area contributed by atoms with E-state index in [-0.39, 0.29) is 30.3 Å². The van der Waals surface area contributed by atoms with E-state index in [2.05, 4.69) is 41.0 Å². The monoisotopic (exact) mass is 733 g/mol. The lowest BCUT2D eigenvalue weighted by Gasteiger charge is -2.44. The third-order valence-electron chi connectivity index (χ3n) is 9.91. The van der Waals surface area contributed by atoms with E-state index in [0.29, 0.717) is 59.3 Å². The van der Waals surface area contributed by atoms with Gasteiger partial charge in [-0.2, -0.15) is 4.98 Å². The number of methoxy groups -OCH3 is 1. The van der Waals surface area contributed by atoms with Crippen molar-refractivity contribution in [2.45, 2.75) is 108 Å². The van der Waals surface area contributed by atoms with Crippen molar-refractivity contribution in [1.82, 2.24) is 9.97 Å². The molecule has 13 heteroatoms. The molecular formula is C39H56N7O5P. The van der Waals surface area contributed by atoms with Gasteiger partial charge in [0.05, 0.1) is 31.1 Å². The highest BCUT2D eigenvalue weighted by molar-refractivity contribution is 7.37. The number of nitrogens with two attached hydrogens (primary N) is 1. The van der Waals surface area contributed by atoms with Gasteiger partial charge in [0.2, 0.25) is 11.9 Å². The second kappa shape index (κ2) is 19.6. The summed E-state index contributed by atoms with van der Waals surface area (Å²) < 4.78 is 5.60. The van der Waals surface area contributed by atoms with Crippen LogP contribution in [0, 0.1) is 0 Å². The van der Waals surface area contributed by atoms with Gasteiger partial charge in [0.25, 0.3) is 5.91 Å². The lowest BCUT2D eigenvalue weighted by atomic mass is 10.0. The molecule has 1 aromatic heterocycles. The number of benzene rings is 2. The molecule has 0 bridgehead atoms. The number of carbonyl (C=O) groups excluding carboxylic acids is 3. The van der Waals surface area contributed by atoms with Gasteiger partial charge in [0.1, 0.15) is 23.8 Å². The third-order valence-corrected chi connectivity index (χ3v) is 11.3. The van der Waals surface area contributed by atoms with E-state index in [1.807, 2.05) is 6.92 Å². The standard InChI is InChI=1S/C33H43N7O5.C6H13P/c1-6-24(7-2)40-27(8-3)32(44)39(4)28-18-35-33(38-30(28)40)37-26-14-11-21(16-29(26)45-5)31(43)36-23-12-9-20(10-13-23)15-25(42)17-22(34)19-41;1-7-6-4-2-3-5-6/h9-14,16,18-19,22,24-25,27,42H,6-8,15,17,34H2,1-5H3,(H,36,43)(H,35,37,38);6-7H,2-5H2,1H3. The summed E-state index contributed by atoms with van der Waals surface area (Å²) in [5.74, 6) is 1.18. The molecule has 2 aliphatic rings. The van der Waals surface area contributed by atoms with Gasteiger partial charge in [-0.05, 0) is 93.2 Å². The minimum atomic E-state index is -0.737. The molecule has 0 radical (unpaired) electrons. The number of carbonyl (C=O) groups is 3. The molecule has 4 unspecified atom stereocenters. The second-order valence-corrected chi connectivity index (χ2v) is 14.8. The highest BCUT2D eigenvalue weighted by atomic mass is 31.1. The molecule has 52 heavy (non-hydrogen) atoms. The number of aliphatic hydroxyl groups excluding tert-OH is 1. The van der Waals surface area contributed by atoms with Gasteiger partial charge in [0.15, 0.2) is 5.82 Å². The molecule has 2 amide bonds. The zero-order chi connectivity index (χ0) is 37.8. The molecule has 1 aliphatic heterocycles. The summed E-state index contributed by atoms with van der Waals surface area (Å²) in [6.07, 6.45) is 10.5. The van der Waals surface area contributed by atoms with Gasteiger partial charge >= 0.3 is 0 Å². The third kappa shape index (κ3) is 10.3.